The molecule has 1 aromatic heterocycles. The van der Waals surface area contributed by atoms with E-state index in [0.717, 1.165) is 24.6 Å². The van der Waals surface area contributed by atoms with Gasteiger partial charge in [0.05, 0.1) is 6.54 Å². The van der Waals surface area contributed by atoms with Crippen molar-refractivity contribution >= 4 is 5.91 Å². The van der Waals surface area contributed by atoms with Gasteiger partial charge in [0.2, 0.25) is 0 Å². The van der Waals surface area contributed by atoms with Gasteiger partial charge in [-0.15, -0.1) is 0 Å². The molecule has 1 amide bonds. The number of hydrogen-bond acceptors (Lipinski definition) is 3. The van der Waals surface area contributed by atoms with Gasteiger partial charge in [0, 0.05) is 23.8 Å². The number of nitrogens with zero attached hydrogens (tertiary/aromatic N) is 2. The Morgan fingerprint density at radius 3 is 2.50 bits per heavy atom. The largest absolute Gasteiger partial charge is 0.364 e. The number of carbonyl (C=O) groups excluding carboxylic acids is 1. The zero-order valence-electron chi connectivity index (χ0n) is 15.2. The molecule has 3 N–H and O–H groups in total. The van der Waals surface area contributed by atoms with E-state index in [9.17, 15) is 4.79 Å². The lowest BCUT2D eigenvalue weighted by molar-refractivity contribution is -0.117. The summed E-state index contributed by atoms with van der Waals surface area (Å²) in [6.45, 7) is 8.58. The van der Waals surface area contributed by atoms with Crippen LogP contribution in [0.1, 0.15) is 68.4 Å². The summed E-state index contributed by atoms with van der Waals surface area (Å²) >= 11 is 0. The SMILES string of the molecule is Cc1cn(CCNC23CC4CC(C)(CC(C)(C4)C2)C3)nc1C(N)=O. The van der Waals surface area contributed by atoms with E-state index in [0.29, 0.717) is 22.1 Å². The van der Waals surface area contributed by atoms with Crippen molar-refractivity contribution in [3.63, 3.8) is 0 Å². The van der Waals surface area contributed by atoms with E-state index in [1.807, 2.05) is 17.8 Å². The summed E-state index contributed by atoms with van der Waals surface area (Å²) in [6.07, 6.45) is 10.1. The summed E-state index contributed by atoms with van der Waals surface area (Å²) < 4.78 is 1.85. The first-order valence-electron chi connectivity index (χ1n) is 9.29. The number of aryl methyl sites for hydroxylation is 1. The van der Waals surface area contributed by atoms with Crippen molar-refractivity contribution in [1.29, 1.82) is 0 Å². The number of hydrogen-bond donors (Lipinski definition) is 2. The second kappa shape index (κ2) is 5.07. The van der Waals surface area contributed by atoms with Gasteiger partial charge in [-0.2, -0.15) is 5.10 Å². The first-order valence-corrected chi connectivity index (χ1v) is 9.29. The van der Waals surface area contributed by atoms with Gasteiger partial charge in [0.15, 0.2) is 5.69 Å². The van der Waals surface area contributed by atoms with E-state index < -0.39 is 5.91 Å². The van der Waals surface area contributed by atoms with Gasteiger partial charge in [0.1, 0.15) is 0 Å². The van der Waals surface area contributed by atoms with Crippen molar-refractivity contribution < 1.29 is 4.79 Å². The predicted molar refractivity (Wildman–Crippen MR) is 93.6 cm³/mol. The molecule has 0 radical (unpaired) electrons. The highest BCUT2D eigenvalue weighted by molar-refractivity contribution is 5.92. The van der Waals surface area contributed by atoms with Crippen LogP contribution in [0.15, 0.2) is 6.20 Å². The Hall–Kier alpha value is -1.36. The zero-order valence-corrected chi connectivity index (χ0v) is 15.2. The monoisotopic (exact) mass is 330 g/mol. The van der Waals surface area contributed by atoms with Crippen LogP contribution in [0.5, 0.6) is 0 Å². The molecular formula is C19H30N4O. The normalized spacial score (nSPS) is 40.2. The number of aromatic nitrogens is 2. The zero-order chi connectivity index (χ0) is 17.2. The summed E-state index contributed by atoms with van der Waals surface area (Å²) in [7, 11) is 0. The van der Waals surface area contributed by atoms with Gasteiger partial charge in [-0.25, -0.2) is 0 Å². The van der Waals surface area contributed by atoms with E-state index in [4.69, 9.17) is 5.73 Å². The second-order valence-corrected chi connectivity index (χ2v) is 9.63. The highest BCUT2D eigenvalue weighted by atomic mass is 16.1. The number of nitrogens with two attached hydrogens (primary N) is 1. The third kappa shape index (κ3) is 2.67. The van der Waals surface area contributed by atoms with Crippen LogP contribution < -0.4 is 11.1 Å². The Morgan fingerprint density at radius 2 is 1.96 bits per heavy atom. The fraction of sp³-hybridized carbons (Fsp3) is 0.789. The standard InChI is InChI=1S/C19H30N4O/c1-13-9-23(22-15(13)16(20)24)5-4-21-19-8-14-6-17(2,11-19)10-18(3,7-14)12-19/h9,14,21H,4-8,10-12H2,1-3H3,(H2,20,24). The van der Waals surface area contributed by atoms with Gasteiger partial charge < -0.3 is 11.1 Å². The molecule has 4 aliphatic rings. The number of amides is 1. The lowest BCUT2D eigenvalue weighted by Gasteiger charge is -2.65. The Morgan fingerprint density at radius 1 is 1.29 bits per heavy atom. The van der Waals surface area contributed by atoms with E-state index in [1.165, 1.54) is 38.5 Å². The molecule has 0 spiro atoms. The maximum atomic E-state index is 11.3. The van der Waals surface area contributed by atoms with E-state index >= 15 is 0 Å². The molecule has 5 rings (SSSR count). The van der Waals surface area contributed by atoms with Gasteiger partial charge in [-0.3, -0.25) is 9.48 Å². The molecule has 1 aromatic rings. The molecule has 4 fully saturated rings. The molecule has 5 heteroatoms. The summed E-state index contributed by atoms with van der Waals surface area (Å²) in [6, 6.07) is 0. The Bertz CT molecular complexity index is 661. The minimum atomic E-state index is -0.443. The average molecular weight is 330 g/mol. The van der Waals surface area contributed by atoms with Crippen LogP contribution in [0.4, 0.5) is 0 Å². The summed E-state index contributed by atoms with van der Waals surface area (Å²) in [5, 5.41) is 8.23. The number of nitrogens with one attached hydrogen (secondary N) is 1. The third-order valence-electron chi connectivity index (χ3n) is 6.65. The Labute approximate surface area is 144 Å². The Balaban J connectivity index is 1.43. The van der Waals surface area contributed by atoms with Crippen LogP contribution in [0.2, 0.25) is 0 Å². The van der Waals surface area contributed by atoms with Crippen molar-refractivity contribution in [2.75, 3.05) is 6.54 Å². The van der Waals surface area contributed by atoms with Crippen LogP contribution in [0.25, 0.3) is 0 Å². The second-order valence-electron chi connectivity index (χ2n) is 9.63. The van der Waals surface area contributed by atoms with E-state index in [-0.39, 0.29) is 0 Å². The van der Waals surface area contributed by atoms with Crippen LogP contribution in [-0.4, -0.2) is 27.8 Å². The van der Waals surface area contributed by atoms with Gasteiger partial charge in [-0.05, 0) is 62.2 Å². The van der Waals surface area contributed by atoms with Crippen LogP contribution in [0.3, 0.4) is 0 Å². The minimum absolute atomic E-state index is 0.317. The molecule has 4 bridgehead atoms. The minimum Gasteiger partial charge on any atom is -0.364 e. The maximum absolute atomic E-state index is 11.3. The van der Waals surface area contributed by atoms with Crippen LogP contribution in [0, 0.1) is 23.7 Å². The summed E-state index contributed by atoms with van der Waals surface area (Å²) in [5.74, 6) is 0.457. The average Bonchev–Trinajstić information content (AvgIpc) is 2.75. The fourth-order valence-electron chi connectivity index (χ4n) is 6.96. The van der Waals surface area contributed by atoms with E-state index in [1.54, 1.807) is 0 Å². The van der Waals surface area contributed by atoms with Gasteiger partial charge >= 0.3 is 0 Å². The van der Waals surface area contributed by atoms with Crippen molar-refractivity contribution in [1.82, 2.24) is 15.1 Å². The van der Waals surface area contributed by atoms with Crippen molar-refractivity contribution in [2.45, 2.75) is 71.4 Å². The van der Waals surface area contributed by atoms with Crippen molar-refractivity contribution in [2.24, 2.45) is 22.5 Å². The first kappa shape index (κ1) is 16.1. The first-order chi connectivity index (χ1) is 11.2. The van der Waals surface area contributed by atoms with Crippen molar-refractivity contribution in [3.8, 4) is 0 Å². The third-order valence-corrected chi connectivity index (χ3v) is 6.65. The molecule has 4 aliphatic carbocycles. The molecule has 2 atom stereocenters. The van der Waals surface area contributed by atoms with Gasteiger partial charge in [0.25, 0.3) is 5.91 Å². The summed E-state index contributed by atoms with van der Waals surface area (Å²) in [4.78, 5) is 11.3. The van der Waals surface area contributed by atoms with Crippen molar-refractivity contribution in [3.05, 3.63) is 17.5 Å². The highest BCUT2D eigenvalue weighted by Gasteiger charge is 2.59. The molecular weight excluding hydrogens is 300 g/mol. The smallest absolute Gasteiger partial charge is 0.269 e. The quantitative estimate of drug-likeness (QED) is 0.871. The van der Waals surface area contributed by atoms with Crippen LogP contribution >= 0.6 is 0 Å². The molecule has 2 unspecified atom stereocenters. The predicted octanol–water partition coefficient (Wildman–Crippen LogP) is 2.63. The Kier molecular flexibility index (Phi) is 3.41. The fourth-order valence-corrected chi connectivity index (χ4v) is 6.96. The number of carbonyl (C=O) groups is 1. The molecule has 24 heavy (non-hydrogen) atoms. The lowest BCUT2D eigenvalue weighted by Crippen LogP contribution is -2.64. The molecule has 0 aromatic carbocycles. The lowest BCUT2D eigenvalue weighted by atomic mass is 9.43. The molecule has 1 heterocycles. The van der Waals surface area contributed by atoms with E-state index in [2.05, 4.69) is 24.3 Å². The number of primary amides is 1. The molecule has 0 saturated heterocycles. The molecule has 4 saturated carbocycles. The van der Waals surface area contributed by atoms with Crippen LogP contribution in [-0.2, 0) is 6.54 Å². The number of rotatable bonds is 5. The molecule has 0 aliphatic heterocycles. The topological polar surface area (TPSA) is 72.9 Å². The van der Waals surface area contributed by atoms with Gasteiger partial charge in [-0.1, -0.05) is 13.8 Å². The molecule has 5 nitrogen and oxygen atoms in total. The highest BCUT2D eigenvalue weighted by Crippen LogP contribution is 2.66. The summed E-state index contributed by atoms with van der Waals surface area (Å²) in [5.41, 5.74) is 7.99. The molecule has 132 valence electrons. The maximum Gasteiger partial charge on any atom is 0.269 e.